The fourth-order valence-electron chi connectivity index (χ4n) is 1.22. The van der Waals surface area contributed by atoms with Gasteiger partial charge in [-0.1, -0.05) is 31.5 Å². The molecule has 0 N–H and O–H groups in total. The Morgan fingerprint density at radius 3 is 2.64 bits per heavy atom. The summed E-state index contributed by atoms with van der Waals surface area (Å²) in [6.45, 7) is 5.84. The molecule has 1 rings (SSSR count). The molecule has 1 nitrogen and oxygen atoms in total. The minimum absolute atomic E-state index is 0.0911. The Hall–Kier alpha value is -0.820. The molecule has 76 valence electrons. The molecule has 14 heavy (non-hydrogen) atoms. The molecule has 2 heteroatoms. The lowest BCUT2D eigenvalue weighted by Gasteiger charge is -2.07. The number of carbonyl (C=O) groups excluding carboxylic acids is 1. The van der Waals surface area contributed by atoms with E-state index in [1.807, 2.05) is 39.0 Å². The van der Waals surface area contributed by atoms with E-state index in [-0.39, 0.29) is 11.7 Å². The Bertz CT molecular complexity index is 342. The van der Waals surface area contributed by atoms with Crippen molar-refractivity contribution in [3.8, 4) is 0 Å². The summed E-state index contributed by atoms with van der Waals surface area (Å²) in [5.41, 5.74) is 2.17. The van der Waals surface area contributed by atoms with Crippen molar-refractivity contribution in [1.29, 1.82) is 0 Å². The Balaban J connectivity index is 2.86. The van der Waals surface area contributed by atoms with Gasteiger partial charge in [-0.25, -0.2) is 0 Å². The van der Waals surface area contributed by atoms with E-state index in [0.29, 0.717) is 11.4 Å². The third-order valence-corrected chi connectivity index (χ3v) is 2.55. The van der Waals surface area contributed by atoms with Crippen molar-refractivity contribution in [2.45, 2.75) is 27.2 Å². The number of hydrogen-bond donors (Lipinski definition) is 0. The van der Waals surface area contributed by atoms with Crippen LogP contribution in [0.25, 0.3) is 0 Å². The topological polar surface area (TPSA) is 17.1 Å². The van der Waals surface area contributed by atoms with Crippen LogP contribution in [-0.2, 0) is 11.2 Å². The zero-order chi connectivity index (χ0) is 10.7. The quantitative estimate of drug-likeness (QED) is 0.747. The molecule has 0 aliphatic rings. The van der Waals surface area contributed by atoms with Gasteiger partial charge in [0, 0.05) is 17.4 Å². The standard InChI is InChI=1S/C12H15ClO/c1-8(2)12(14)7-10-6-11(13)5-4-9(10)3/h4-6,8H,7H2,1-3H3. The fourth-order valence-corrected chi connectivity index (χ4v) is 1.42. The first kappa shape index (κ1) is 11.3. The Morgan fingerprint density at radius 1 is 1.43 bits per heavy atom. The zero-order valence-corrected chi connectivity index (χ0v) is 9.56. The SMILES string of the molecule is Cc1ccc(Cl)cc1CC(=O)C(C)C. The second kappa shape index (κ2) is 4.61. The van der Waals surface area contributed by atoms with Gasteiger partial charge in [-0.05, 0) is 30.2 Å². The molecule has 0 saturated carbocycles. The molecule has 0 heterocycles. The summed E-state index contributed by atoms with van der Waals surface area (Å²) < 4.78 is 0. The molecule has 1 aromatic carbocycles. The molecule has 0 aliphatic carbocycles. The fraction of sp³-hybridized carbons (Fsp3) is 0.417. The monoisotopic (exact) mass is 210 g/mol. The van der Waals surface area contributed by atoms with Crippen LogP contribution in [0.2, 0.25) is 5.02 Å². The number of Topliss-reactive ketones (excluding diaryl/α,β-unsaturated/α-hetero) is 1. The van der Waals surface area contributed by atoms with Gasteiger partial charge in [0.25, 0.3) is 0 Å². The maximum absolute atomic E-state index is 11.5. The first-order chi connectivity index (χ1) is 6.50. The summed E-state index contributed by atoms with van der Waals surface area (Å²) in [6.07, 6.45) is 0.490. The van der Waals surface area contributed by atoms with E-state index in [0.717, 1.165) is 11.1 Å². The van der Waals surface area contributed by atoms with Crippen molar-refractivity contribution in [2.75, 3.05) is 0 Å². The van der Waals surface area contributed by atoms with Gasteiger partial charge in [0.2, 0.25) is 0 Å². The van der Waals surface area contributed by atoms with Crippen LogP contribution in [0.4, 0.5) is 0 Å². The van der Waals surface area contributed by atoms with Gasteiger partial charge in [0.15, 0.2) is 0 Å². The lowest BCUT2D eigenvalue weighted by molar-refractivity contribution is -0.121. The molecule has 0 fully saturated rings. The van der Waals surface area contributed by atoms with Gasteiger partial charge in [-0.15, -0.1) is 0 Å². The lowest BCUT2D eigenvalue weighted by atomic mass is 9.98. The van der Waals surface area contributed by atoms with E-state index in [2.05, 4.69) is 0 Å². The number of carbonyl (C=O) groups is 1. The predicted molar refractivity (Wildman–Crippen MR) is 59.7 cm³/mol. The highest BCUT2D eigenvalue weighted by Crippen LogP contribution is 2.17. The van der Waals surface area contributed by atoms with E-state index >= 15 is 0 Å². The summed E-state index contributed by atoms with van der Waals surface area (Å²) in [7, 11) is 0. The van der Waals surface area contributed by atoms with Crippen LogP contribution < -0.4 is 0 Å². The van der Waals surface area contributed by atoms with Crippen molar-refractivity contribution in [3.63, 3.8) is 0 Å². The molecular formula is C12H15ClO. The van der Waals surface area contributed by atoms with Crippen LogP contribution >= 0.6 is 11.6 Å². The highest BCUT2D eigenvalue weighted by atomic mass is 35.5. The van der Waals surface area contributed by atoms with Crippen molar-refractivity contribution < 1.29 is 4.79 Å². The summed E-state index contributed by atoms with van der Waals surface area (Å²) in [5, 5.41) is 0.696. The van der Waals surface area contributed by atoms with Crippen LogP contribution in [0.3, 0.4) is 0 Å². The second-order valence-electron chi connectivity index (χ2n) is 3.87. The maximum atomic E-state index is 11.5. The van der Waals surface area contributed by atoms with Crippen LogP contribution in [-0.4, -0.2) is 5.78 Å². The molecule has 0 atom stereocenters. The number of aryl methyl sites for hydroxylation is 1. The van der Waals surface area contributed by atoms with E-state index in [4.69, 9.17) is 11.6 Å². The Kier molecular flexibility index (Phi) is 3.70. The third kappa shape index (κ3) is 2.85. The molecule has 0 aromatic heterocycles. The first-order valence-electron chi connectivity index (χ1n) is 4.78. The van der Waals surface area contributed by atoms with Gasteiger partial charge in [0.1, 0.15) is 5.78 Å². The number of halogens is 1. The molecule has 0 bridgehead atoms. The van der Waals surface area contributed by atoms with Crippen LogP contribution in [0.5, 0.6) is 0 Å². The number of hydrogen-bond acceptors (Lipinski definition) is 1. The van der Waals surface area contributed by atoms with E-state index in [9.17, 15) is 4.79 Å². The van der Waals surface area contributed by atoms with Gasteiger partial charge in [-0.3, -0.25) is 4.79 Å². The van der Waals surface area contributed by atoms with Gasteiger partial charge >= 0.3 is 0 Å². The highest BCUT2D eigenvalue weighted by molar-refractivity contribution is 6.30. The second-order valence-corrected chi connectivity index (χ2v) is 4.31. The summed E-state index contributed by atoms with van der Waals surface area (Å²) in [5.74, 6) is 0.351. The highest BCUT2D eigenvalue weighted by Gasteiger charge is 2.09. The van der Waals surface area contributed by atoms with Gasteiger partial charge in [0.05, 0.1) is 0 Å². The molecular weight excluding hydrogens is 196 g/mol. The Morgan fingerprint density at radius 2 is 2.07 bits per heavy atom. The smallest absolute Gasteiger partial charge is 0.139 e. The van der Waals surface area contributed by atoms with Crippen molar-refractivity contribution in [2.24, 2.45) is 5.92 Å². The summed E-state index contributed by atoms with van der Waals surface area (Å²) in [4.78, 5) is 11.5. The van der Waals surface area contributed by atoms with Gasteiger partial charge < -0.3 is 0 Å². The lowest BCUT2D eigenvalue weighted by Crippen LogP contribution is -2.10. The predicted octanol–water partition coefficient (Wildman–Crippen LogP) is 3.42. The minimum atomic E-state index is 0.0911. The Labute approximate surface area is 90.1 Å². The third-order valence-electron chi connectivity index (χ3n) is 2.32. The molecule has 0 aliphatic heterocycles. The maximum Gasteiger partial charge on any atom is 0.139 e. The van der Waals surface area contributed by atoms with E-state index in [1.165, 1.54) is 0 Å². The zero-order valence-electron chi connectivity index (χ0n) is 8.80. The molecule has 0 unspecified atom stereocenters. The van der Waals surface area contributed by atoms with Crippen LogP contribution in [0, 0.1) is 12.8 Å². The number of ketones is 1. The average Bonchev–Trinajstić information content (AvgIpc) is 2.11. The number of benzene rings is 1. The van der Waals surface area contributed by atoms with Crippen molar-refractivity contribution in [3.05, 3.63) is 34.3 Å². The van der Waals surface area contributed by atoms with E-state index in [1.54, 1.807) is 0 Å². The summed E-state index contributed by atoms with van der Waals surface area (Å²) in [6, 6.07) is 5.67. The molecule has 1 aromatic rings. The molecule has 0 saturated heterocycles. The molecule has 0 spiro atoms. The largest absolute Gasteiger partial charge is 0.299 e. The van der Waals surface area contributed by atoms with Crippen LogP contribution in [0.15, 0.2) is 18.2 Å². The normalized spacial score (nSPS) is 10.6. The van der Waals surface area contributed by atoms with Gasteiger partial charge in [-0.2, -0.15) is 0 Å². The summed E-state index contributed by atoms with van der Waals surface area (Å²) >= 11 is 5.87. The van der Waals surface area contributed by atoms with Crippen molar-refractivity contribution in [1.82, 2.24) is 0 Å². The molecule has 0 radical (unpaired) electrons. The number of rotatable bonds is 3. The minimum Gasteiger partial charge on any atom is -0.299 e. The van der Waals surface area contributed by atoms with E-state index < -0.39 is 0 Å². The molecule has 0 amide bonds. The average molecular weight is 211 g/mol. The van der Waals surface area contributed by atoms with Crippen molar-refractivity contribution >= 4 is 17.4 Å². The first-order valence-corrected chi connectivity index (χ1v) is 5.16. The van der Waals surface area contributed by atoms with Crippen LogP contribution in [0.1, 0.15) is 25.0 Å².